The van der Waals surface area contributed by atoms with E-state index in [1.54, 1.807) is 6.07 Å². The molecule has 1 heterocycles. The molecule has 21 heavy (non-hydrogen) atoms. The van der Waals surface area contributed by atoms with Gasteiger partial charge < -0.3 is 10.4 Å². The number of rotatable bonds is 5. The number of nitro benzene ring substituents is 1. The monoisotopic (exact) mass is 289 g/mol. The molecule has 0 unspecified atom stereocenters. The Morgan fingerprint density at radius 1 is 1.38 bits per heavy atom. The maximum Gasteiger partial charge on any atom is 0.278 e. The number of hydrogen-bond donors (Lipinski definition) is 2. The summed E-state index contributed by atoms with van der Waals surface area (Å²) in [6, 6.07) is 5.01. The SMILES string of the molecule is Cc1cc2c(NCC(C)(C)CO)ccc([N+](=O)[O-])c2cn1. The lowest BCUT2D eigenvalue weighted by Gasteiger charge is -2.23. The Morgan fingerprint density at radius 2 is 2.10 bits per heavy atom. The van der Waals surface area contributed by atoms with Gasteiger partial charge >= 0.3 is 0 Å². The van der Waals surface area contributed by atoms with Crippen molar-refractivity contribution in [3.05, 3.63) is 40.2 Å². The highest BCUT2D eigenvalue weighted by atomic mass is 16.6. The van der Waals surface area contributed by atoms with Crippen LogP contribution in [0.15, 0.2) is 24.4 Å². The van der Waals surface area contributed by atoms with Gasteiger partial charge in [-0.1, -0.05) is 13.8 Å². The molecule has 0 spiro atoms. The molecule has 2 aromatic rings. The van der Waals surface area contributed by atoms with Gasteiger partial charge in [-0.3, -0.25) is 15.1 Å². The van der Waals surface area contributed by atoms with Crippen LogP contribution in [-0.2, 0) is 0 Å². The van der Waals surface area contributed by atoms with E-state index in [0.29, 0.717) is 11.9 Å². The lowest BCUT2D eigenvalue weighted by Crippen LogP contribution is -2.26. The number of benzene rings is 1. The van der Waals surface area contributed by atoms with Crippen molar-refractivity contribution in [2.45, 2.75) is 20.8 Å². The van der Waals surface area contributed by atoms with E-state index >= 15 is 0 Å². The normalized spacial score (nSPS) is 11.6. The lowest BCUT2D eigenvalue weighted by atomic mass is 9.94. The number of aryl methyl sites for hydroxylation is 1. The van der Waals surface area contributed by atoms with E-state index < -0.39 is 4.92 Å². The van der Waals surface area contributed by atoms with E-state index in [0.717, 1.165) is 16.8 Å². The topological polar surface area (TPSA) is 88.3 Å². The van der Waals surface area contributed by atoms with Crippen LogP contribution in [0.4, 0.5) is 11.4 Å². The fourth-order valence-corrected chi connectivity index (χ4v) is 2.03. The van der Waals surface area contributed by atoms with Crippen molar-refractivity contribution in [3.63, 3.8) is 0 Å². The molecule has 0 saturated carbocycles. The van der Waals surface area contributed by atoms with Crippen molar-refractivity contribution < 1.29 is 10.0 Å². The summed E-state index contributed by atoms with van der Waals surface area (Å²) in [5.74, 6) is 0. The minimum absolute atomic E-state index is 0.0458. The molecule has 112 valence electrons. The molecule has 0 amide bonds. The van der Waals surface area contributed by atoms with Crippen molar-refractivity contribution in [1.29, 1.82) is 0 Å². The van der Waals surface area contributed by atoms with Crippen LogP contribution in [0.5, 0.6) is 0 Å². The highest BCUT2D eigenvalue weighted by molar-refractivity contribution is 5.99. The van der Waals surface area contributed by atoms with Gasteiger partial charge in [0, 0.05) is 47.6 Å². The molecule has 1 aromatic carbocycles. The molecule has 0 bridgehead atoms. The Bertz CT molecular complexity index is 683. The van der Waals surface area contributed by atoms with Gasteiger partial charge in [-0.05, 0) is 19.1 Å². The summed E-state index contributed by atoms with van der Waals surface area (Å²) in [6.07, 6.45) is 1.53. The highest BCUT2D eigenvalue weighted by Crippen LogP contribution is 2.32. The van der Waals surface area contributed by atoms with Crippen LogP contribution in [0.25, 0.3) is 10.8 Å². The van der Waals surface area contributed by atoms with Crippen molar-refractivity contribution in [2.24, 2.45) is 5.41 Å². The number of aliphatic hydroxyl groups excluding tert-OH is 1. The maximum atomic E-state index is 11.1. The fraction of sp³-hybridized carbons (Fsp3) is 0.400. The number of fused-ring (bicyclic) bond motifs is 1. The first-order valence-electron chi connectivity index (χ1n) is 6.72. The van der Waals surface area contributed by atoms with Crippen molar-refractivity contribution in [2.75, 3.05) is 18.5 Å². The number of non-ortho nitro benzene ring substituents is 1. The summed E-state index contributed by atoms with van der Waals surface area (Å²) >= 11 is 0. The molecule has 0 aliphatic heterocycles. The predicted octanol–water partition coefficient (Wildman–Crippen LogP) is 2.88. The molecule has 0 radical (unpaired) electrons. The predicted molar refractivity (Wildman–Crippen MR) is 82.5 cm³/mol. The number of nitrogens with one attached hydrogen (secondary N) is 1. The summed E-state index contributed by atoms with van der Waals surface area (Å²) in [5, 5.41) is 24.9. The standard InChI is InChI=1S/C15H19N3O3/c1-10-6-11-12(7-16-10)14(18(20)21)5-4-13(11)17-8-15(2,3)9-19/h4-7,17,19H,8-9H2,1-3H3. The smallest absolute Gasteiger partial charge is 0.278 e. The third-order valence-electron chi connectivity index (χ3n) is 3.40. The molecule has 2 N–H and O–H groups in total. The lowest BCUT2D eigenvalue weighted by molar-refractivity contribution is -0.383. The van der Waals surface area contributed by atoms with Gasteiger partial charge in [0.2, 0.25) is 0 Å². The Hall–Kier alpha value is -2.21. The maximum absolute atomic E-state index is 11.1. The molecule has 6 heteroatoms. The van der Waals surface area contributed by atoms with Crippen LogP contribution in [-0.4, -0.2) is 28.2 Å². The van der Waals surface area contributed by atoms with E-state index in [1.807, 2.05) is 26.8 Å². The van der Waals surface area contributed by atoms with Crippen LogP contribution in [0, 0.1) is 22.5 Å². The summed E-state index contributed by atoms with van der Waals surface area (Å²) < 4.78 is 0. The second kappa shape index (κ2) is 5.65. The molecule has 1 aromatic heterocycles. The summed E-state index contributed by atoms with van der Waals surface area (Å²) in [6.45, 7) is 6.36. The summed E-state index contributed by atoms with van der Waals surface area (Å²) in [4.78, 5) is 14.8. The van der Waals surface area contributed by atoms with Gasteiger partial charge in [0.15, 0.2) is 0 Å². The zero-order valence-corrected chi connectivity index (χ0v) is 12.4. The Labute approximate surface area is 123 Å². The van der Waals surface area contributed by atoms with Crippen LogP contribution < -0.4 is 5.32 Å². The van der Waals surface area contributed by atoms with Crippen LogP contribution in [0.3, 0.4) is 0 Å². The largest absolute Gasteiger partial charge is 0.396 e. The number of aromatic nitrogens is 1. The first kappa shape index (κ1) is 15.2. The molecule has 6 nitrogen and oxygen atoms in total. The number of aliphatic hydroxyl groups is 1. The Morgan fingerprint density at radius 3 is 2.71 bits per heavy atom. The van der Waals surface area contributed by atoms with Gasteiger partial charge in [0.05, 0.1) is 10.3 Å². The average Bonchev–Trinajstić information content (AvgIpc) is 2.44. The van der Waals surface area contributed by atoms with Crippen LogP contribution in [0.1, 0.15) is 19.5 Å². The van der Waals surface area contributed by atoms with E-state index in [1.165, 1.54) is 12.3 Å². The molecule has 0 aliphatic carbocycles. The van der Waals surface area contributed by atoms with E-state index in [4.69, 9.17) is 0 Å². The van der Waals surface area contributed by atoms with Gasteiger partial charge in [0.25, 0.3) is 5.69 Å². The van der Waals surface area contributed by atoms with Gasteiger partial charge in [0.1, 0.15) is 0 Å². The molecule has 0 aliphatic rings. The number of hydrogen-bond acceptors (Lipinski definition) is 5. The zero-order valence-electron chi connectivity index (χ0n) is 12.4. The van der Waals surface area contributed by atoms with E-state index in [-0.39, 0.29) is 17.7 Å². The molecule has 2 rings (SSSR count). The highest BCUT2D eigenvalue weighted by Gasteiger charge is 2.19. The third kappa shape index (κ3) is 3.28. The van der Waals surface area contributed by atoms with Crippen molar-refractivity contribution in [1.82, 2.24) is 4.98 Å². The quantitative estimate of drug-likeness (QED) is 0.652. The molecule has 0 fully saturated rings. The first-order valence-corrected chi connectivity index (χ1v) is 6.72. The summed E-state index contributed by atoms with van der Waals surface area (Å²) in [5.41, 5.74) is 1.38. The van der Waals surface area contributed by atoms with Gasteiger partial charge in [-0.2, -0.15) is 0 Å². The third-order valence-corrected chi connectivity index (χ3v) is 3.40. The second-order valence-electron chi connectivity index (χ2n) is 5.94. The minimum Gasteiger partial charge on any atom is -0.396 e. The second-order valence-corrected chi connectivity index (χ2v) is 5.94. The molecule has 0 saturated heterocycles. The first-order chi connectivity index (χ1) is 9.84. The van der Waals surface area contributed by atoms with Gasteiger partial charge in [-0.25, -0.2) is 0 Å². The zero-order chi connectivity index (χ0) is 15.6. The fourth-order valence-electron chi connectivity index (χ4n) is 2.03. The minimum atomic E-state index is -0.402. The van der Waals surface area contributed by atoms with Gasteiger partial charge in [-0.15, -0.1) is 0 Å². The summed E-state index contributed by atoms with van der Waals surface area (Å²) in [7, 11) is 0. The van der Waals surface area contributed by atoms with E-state index in [9.17, 15) is 15.2 Å². The van der Waals surface area contributed by atoms with Crippen molar-refractivity contribution in [3.8, 4) is 0 Å². The number of anilines is 1. The Balaban J connectivity index is 2.48. The molecular weight excluding hydrogens is 270 g/mol. The molecule has 0 atom stereocenters. The average molecular weight is 289 g/mol. The number of nitro groups is 1. The van der Waals surface area contributed by atoms with Crippen molar-refractivity contribution >= 4 is 22.1 Å². The number of nitrogens with zero attached hydrogens (tertiary/aromatic N) is 2. The van der Waals surface area contributed by atoms with Crippen LogP contribution in [0.2, 0.25) is 0 Å². The number of pyridine rings is 1. The van der Waals surface area contributed by atoms with Crippen LogP contribution >= 0.6 is 0 Å². The Kier molecular flexibility index (Phi) is 4.09. The molecular formula is C15H19N3O3. The van der Waals surface area contributed by atoms with E-state index in [2.05, 4.69) is 10.3 Å².